The van der Waals surface area contributed by atoms with Crippen molar-refractivity contribution in [3.63, 3.8) is 0 Å². The lowest BCUT2D eigenvalue weighted by Crippen LogP contribution is -2.35. The number of aromatic nitrogens is 2. The van der Waals surface area contributed by atoms with Crippen LogP contribution in [-0.2, 0) is 0 Å². The summed E-state index contributed by atoms with van der Waals surface area (Å²) in [6.07, 6.45) is 3.33. The summed E-state index contributed by atoms with van der Waals surface area (Å²) in [4.78, 5) is 23.3. The van der Waals surface area contributed by atoms with E-state index in [0.29, 0.717) is 22.7 Å². The highest BCUT2D eigenvalue weighted by molar-refractivity contribution is 5.95. The molecule has 0 aliphatic carbocycles. The van der Waals surface area contributed by atoms with Crippen LogP contribution in [0.3, 0.4) is 0 Å². The van der Waals surface area contributed by atoms with E-state index in [1.807, 2.05) is 54.3 Å². The molecule has 1 fully saturated rings. The van der Waals surface area contributed by atoms with E-state index in [-0.39, 0.29) is 11.9 Å². The highest BCUT2D eigenvalue weighted by atomic mass is 16.3. The first-order chi connectivity index (χ1) is 13.1. The van der Waals surface area contributed by atoms with Crippen molar-refractivity contribution >= 4 is 11.9 Å². The van der Waals surface area contributed by atoms with Gasteiger partial charge in [0.05, 0.1) is 5.69 Å². The molecule has 2 N–H and O–H groups in total. The number of anilines is 1. The number of piperidine rings is 1. The first-order valence-electron chi connectivity index (χ1n) is 9.21. The van der Waals surface area contributed by atoms with Crippen LogP contribution in [0, 0.1) is 6.92 Å². The third-order valence-electron chi connectivity index (χ3n) is 4.78. The van der Waals surface area contributed by atoms with E-state index in [1.165, 1.54) is 6.42 Å². The number of aryl methyl sites for hydroxylation is 1. The van der Waals surface area contributed by atoms with Gasteiger partial charge in [0.15, 0.2) is 5.76 Å². The molecule has 1 amide bonds. The van der Waals surface area contributed by atoms with E-state index in [0.717, 1.165) is 37.3 Å². The van der Waals surface area contributed by atoms with Gasteiger partial charge in [-0.2, -0.15) is 0 Å². The lowest BCUT2D eigenvalue weighted by molar-refractivity contribution is 0.0724. The van der Waals surface area contributed by atoms with Crippen molar-refractivity contribution in [3.05, 3.63) is 53.8 Å². The number of nitrogens with two attached hydrogens (primary N) is 1. The number of amides is 1. The van der Waals surface area contributed by atoms with Crippen molar-refractivity contribution in [3.8, 4) is 22.7 Å². The molecule has 138 valence electrons. The summed E-state index contributed by atoms with van der Waals surface area (Å²) < 4.78 is 5.65. The number of hydrogen-bond acceptors (Lipinski definition) is 5. The minimum atomic E-state index is 0.0699. The molecule has 0 atom stereocenters. The van der Waals surface area contributed by atoms with Gasteiger partial charge in [0.2, 0.25) is 5.95 Å². The van der Waals surface area contributed by atoms with Crippen LogP contribution < -0.4 is 5.73 Å². The molecule has 1 aliphatic heterocycles. The summed E-state index contributed by atoms with van der Waals surface area (Å²) in [5, 5.41) is 0. The summed E-state index contributed by atoms with van der Waals surface area (Å²) in [6, 6.07) is 13.1. The van der Waals surface area contributed by atoms with E-state index < -0.39 is 0 Å². The lowest BCUT2D eigenvalue weighted by atomic mass is 10.0. The second-order valence-electron chi connectivity index (χ2n) is 6.84. The van der Waals surface area contributed by atoms with Crippen LogP contribution in [0.2, 0.25) is 0 Å². The molecule has 6 heteroatoms. The number of carbonyl (C=O) groups is 1. The highest BCUT2D eigenvalue weighted by Gasteiger charge is 2.19. The Hall–Kier alpha value is -3.15. The highest BCUT2D eigenvalue weighted by Crippen LogP contribution is 2.27. The number of furan rings is 1. The Morgan fingerprint density at radius 1 is 1.04 bits per heavy atom. The molecule has 4 rings (SSSR count). The van der Waals surface area contributed by atoms with Gasteiger partial charge < -0.3 is 15.1 Å². The summed E-state index contributed by atoms with van der Waals surface area (Å²) >= 11 is 0. The predicted octanol–water partition coefficient (Wildman–Crippen LogP) is 3.92. The van der Waals surface area contributed by atoms with Gasteiger partial charge in [-0.1, -0.05) is 12.1 Å². The van der Waals surface area contributed by atoms with Crippen molar-refractivity contribution < 1.29 is 9.21 Å². The molecule has 0 unspecified atom stereocenters. The van der Waals surface area contributed by atoms with Crippen molar-refractivity contribution in [2.24, 2.45) is 0 Å². The molecule has 1 saturated heterocycles. The Labute approximate surface area is 158 Å². The van der Waals surface area contributed by atoms with Crippen LogP contribution in [0.4, 0.5) is 5.95 Å². The van der Waals surface area contributed by atoms with Crippen molar-refractivity contribution in [2.75, 3.05) is 18.8 Å². The SMILES string of the molecule is Cc1ccc(-c2cc(-c3cccc(C(=O)N4CCCCC4)c3)nc(N)n2)o1. The number of carbonyl (C=O) groups excluding carboxylic acids is 1. The second kappa shape index (κ2) is 7.23. The molecule has 1 aromatic carbocycles. The Morgan fingerprint density at radius 2 is 1.81 bits per heavy atom. The van der Waals surface area contributed by atoms with E-state index >= 15 is 0 Å². The number of likely N-dealkylation sites (tertiary alicyclic amines) is 1. The molecular formula is C21H22N4O2. The molecule has 1 aliphatic rings. The minimum Gasteiger partial charge on any atom is -0.460 e. The molecule has 0 spiro atoms. The first-order valence-corrected chi connectivity index (χ1v) is 9.21. The quantitative estimate of drug-likeness (QED) is 0.763. The summed E-state index contributed by atoms with van der Waals surface area (Å²) in [5.41, 5.74) is 8.71. The second-order valence-corrected chi connectivity index (χ2v) is 6.84. The zero-order valence-corrected chi connectivity index (χ0v) is 15.3. The number of nitrogen functional groups attached to an aromatic ring is 1. The fraction of sp³-hybridized carbons (Fsp3) is 0.286. The molecule has 2 aromatic heterocycles. The number of hydrogen-bond donors (Lipinski definition) is 1. The normalized spacial score (nSPS) is 14.3. The molecule has 27 heavy (non-hydrogen) atoms. The standard InChI is InChI=1S/C21H22N4O2/c1-14-8-9-19(27-14)18-13-17(23-21(22)24-18)15-6-5-7-16(12-15)20(26)25-10-3-2-4-11-25/h5-9,12-13H,2-4,10-11H2,1H3,(H2,22,23,24). The van der Waals surface area contributed by atoms with Crippen LogP contribution >= 0.6 is 0 Å². The fourth-order valence-corrected chi connectivity index (χ4v) is 3.40. The van der Waals surface area contributed by atoms with E-state index in [4.69, 9.17) is 10.2 Å². The number of rotatable bonds is 3. The Balaban J connectivity index is 1.67. The zero-order chi connectivity index (χ0) is 18.8. The summed E-state index contributed by atoms with van der Waals surface area (Å²) in [7, 11) is 0. The number of nitrogens with zero attached hydrogens (tertiary/aromatic N) is 3. The first kappa shape index (κ1) is 17.3. The molecule has 0 bridgehead atoms. The van der Waals surface area contributed by atoms with Gasteiger partial charge in [0.25, 0.3) is 5.91 Å². The maximum Gasteiger partial charge on any atom is 0.253 e. The lowest BCUT2D eigenvalue weighted by Gasteiger charge is -2.26. The van der Waals surface area contributed by atoms with Gasteiger partial charge >= 0.3 is 0 Å². The Morgan fingerprint density at radius 3 is 2.56 bits per heavy atom. The van der Waals surface area contributed by atoms with Crippen molar-refractivity contribution in [1.29, 1.82) is 0 Å². The average Bonchev–Trinajstić information content (AvgIpc) is 3.14. The average molecular weight is 362 g/mol. The van der Waals surface area contributed by atoms with Gasteiger partial charge in [-0.05, 0) is 56.5 Å². The van der Waals surface area contributed by atoms with Gasteiger partial charge in [-0.15, -0.1) is 0 Å². The largest absolute Gasteiger partial charge is 0.460 e. The maximum absolute atomic E-state index is 12.8. The molecule has 0 saturated carbocycles. The van der Waals surface area contributed by atoms with Crippen LogP contribution in [0.1, 0.15) is 35.4 Å². The number of benzene rings is 1. The van der Waals surface area contributed by atoms with Crippen LogP contribution in [0.5, 0.6) is 0 Å². The van der Waals surface area contributed by atoms with Crippen LogP contribution in [0.25, 0.3) is 22.7 Å². The van der Waals surface area contributed by atoms with Crippen molar-refractivity contribution in [1.82, 2.24) is 14.9 Å². The van der Waals surface area contributed by atoms with Crippen molar-refractivity contribution in [2.45, 2.75) is 26.2 Å². The molecule has 3 aromatic rings. The molecular weight excluding hydrogens is 340 g/mol. The predicted molar refractivity (Wildman–Crippen MR) is 104 cm³/mol. The monoisotopic (exact) mass is 362 g/mol. The molecule has 0 radical (unpaired) electrons. The smallest absolute Gasteiger partial charge is 0.253 e. The zero-order valence-electron chi connectivity index (χ0n) is 15.3. The minimum absolute atomic E-state index is 0.0699. The fourth-order valence-electron chi connectivity index (χ4n) is 3.40. The Kier molecular flexibility index (Phi) is 4.62. The van der Waals surface area contributed by atoms with E-state index in [2.05, 4.69) is 9.97 Å². The van der Waals surface area contributed by atoms with E-state index in [9.17, 15) is 4.79 Å². The maximum atomic E-state index is 12.8. The van der Waals surface area contributed by atoms with Crippen LogP contribution in [-0.4, -0.2) is 33.9 Å². The molecule has 6 nitrogen and oxygen atoms in total. The van der Waals surface area contributed by atoms with E-state index in [1.54, 1.807) is 0 Å². The van der Waals surface area contributed by atoms with Gasteiger partial charge in [-0.3, -0.25) is 4.79 Å². The third-order valence-corrected chi connectivity index (χ3v) is 4.78. The van der Waals surface area contributed by atoms with Gasteiger partial charge in [0.1, 0.15) is 11.5 Å². The third kappa shape index (κ3) is 3.69. The topological polar surface area (TPSA) is 85.2 Å². The summed E-state index contributed by atoms with van der Waals surface area (Å²) in [6.45, 7) is 3.53. The van der Waals surface area contributed by atoms with Gasteiger partial charge in [0, 0.05) is 24.2 Å². The molecule has 3 heterocycles. The Bertz CT molecular complexity index is 974. The van der Waals surface area contributed by atoms with Gasteiger partial charge in [-0.25, -0.2) is 9.97 Å². The summed E-state index contributed by atoms with van der Waals surface area (Å²) in [5.74, 6) is 1.69. The van der Waals surface area contributed by atoms with Crippen LogP contribution in [0.15, 0.2) is 46.9 Å².